The first-order chi connectivity index (χ1) is 5.00. The second-order valence-corrected chi connectivity index (χ2v) is 3.56. The number of ether oxygens (including phenoxy) is 1. The van der Waals surface area contributed by atoms with Crippen LogP contribution in [-0.4, -0.2) is 18.0 Å². The summed E-state index contributed by atoms with van der Waals surface area (Å²) >= 11 is 5.81. The molecule has 0 unspecified atom stereocenters. The molecule has 1 fully saturated rings. The van der Waals surface area contributed by atoms with E-state index in [0.29, 0.717) is 6.42 Å². The first-order valence-corrected chi connectivity index (χ1v) is 3.56. The molecule has 60 valence electrons. The van der Waals surface area contributed by atoms with Gasteiger partial charge in [-0.1, -0.05) is 0 Å². The van der Waals surface area contributed by atoms with Crippen LogP contribution in [-0.2, 0) is 9.53 Å². The number of halogens is 1. The van der Waals surface area contributed by atoms with Gasteiger partial charge in [0.2, 0.25) is 0 Å². The van der Waals surface area contributed by atoms with Crippen LogP contribution in [0.25, 0.3) is 0 Å². The Morgan fingerprint density at radius 3 is 2.64 bits per heavy atom. The van der Waals surface area contributed by atoms with Crippen LogP contribution >= 0.6 is 11.6 Å². The lowest BCUT2D eigenvalue weighted by Gasteiger charge is -2.06. The number of hydrogen-bond donors (Lipinski definition) is 0. The van der Waals surface area contributed by atoms with Crippen molar-refractivity contribution in [3.63, 3.8) is 0 Å². The maximum absolute atomic E-state index is 11.0. The number of methoxy groups -OCH3 is 1. The molecule has 3 nitrogen and oxygen atoms in total. The molecular formula is C7H8ClNO2. The second kappa shape index (κ2) is 2.12. The summed E-state index contributed by atoms with van der Waals surface area (Å²) in [5.41, 5.74) is -0.734. The minimum absolute atomic E-state index is 0.380. The lowest BCUT2D eigenvalue weighted by atomic mass is 10.1. The monoisotopic (exact) mass is 173 g/mol. The van der Waals surface area contributed by atoms with Gasteiger partial charge < -0.3 is 4.74 Å². The number of nitriles is 1. The van der Waals surface area contributed by atoms with Gasteiger partial charge in [0.15, 0.2) is 4.87 Å². The molecule has 0 spiro atoms. The second-order valence-electron chi connectivity index (χ2n) is 2.91. The van der Waals surface area contributed by atoms with Crippen LogP contribution in [0.2, 0.25) is 0 Å². The summed E-state index contributed by atoms with van der Waals surface area (Å²) in [5.74, 6) is -0.511. The number of hydrogen-bond acceptors (Lipinski definition) is 3. The summed E-state index contributed by atoms with van der Waals surface area (Å²) in [6.45, 7) is 1.65. The van der Waals surface area contributed by atoms with Gasteiger partial charge in [-0.25, -0.2) is 0 Å². The SMILES string of the molecule is COC(=O)[C@@]1(Cl)C[C@]1(C)C#N. The quantitative estimate of drug-likeness (QED) is 0.440. The summed E-state index contributed by atoms with van der Waals surface area (Å²) in [6, 6.07) is 1.99. The Kier molecular flexibility index (Phi) is 1.61. The van der Waals surface area contributed by atoms with E-state index < -0.39 is 16.3 Å². The van der Waals surface area contributed by atoms with E-state index in [-0.39, 0.29) is 0 Å². The van der Waals surface area contributed by atoms with Gasteiger partial charge >= 0.3 is 5.97 Å². The maximum atomic E-state index is 11.0. The summed E-state index contributed by atoms with van der Waals surface area (Å²) < 4.78 is 4.45. The molecule has 4 heteroatoms. The minimum atomic E-state index is -1.09. The molecule has 0 aromatic carbocycles. The molecule has 0 aliphatic heterocycles. The van der Waals surface area contributed by atoms with Crippen LogP contribution < -0.4 is 0 Å². The van der Waals surface area contributed by atoms with Crippen molar-refractivity contribution in [2.24, 2.45) is 5.41 Å². The Balaban J connectivity index is 2.79. The molecule has 0 N–H and O–H groups in total. The molecule has 0 aromatic rings. The molecule has 0 bridgehead atoms. The highest BCUT2D eigenvalue weighted by Gasteiger charge is 2.70. The number of nitrogens with zero attached hydrogens (tertiary/aromatic N) is 1. The predicted octanol–water partition coefficient (Wildman–Crippen LogP) is 1.07. The molecule has 11 heavy (non-hydrogen) atoms. The summed E-state index contributed by atoms with van der Waals surface area (Å²) in [5, 5.41) is 8.60. The normalized spacial score (nSPS) is 40.9. The Morgan fingerprint density at radius 2 is 2.36 bits per heavy atom. The third kappa shape index (κ3) is 0.899. The van der Waals surface area contributed by atoms with E-state index in [1.54, 1.807) is 6.92 Å². The van der Waals surface area contributed by atoms with Crippen LogP contribution in [0.15, 0.2) is 0 Å². The molecule has 1 aliphatic rings. The lowest BCUT2D eigenvalue weighted by Crippen LogP contribution is -2.23. The van der Waals surface area contributed by atoms with Crippen LogP contribution in [0.3, 0.4) is 0 Å². The first kappa shape index (κ1) is 8.35. The predicted molar refractivity (Wildman–Crippen MR) is 38.9 cm³/mol. The van der Waals surface area contributed by atoms with Gasteiger partial charge in [-0.05, 0) is 13.3 Å². The van der Waals surface area contributed by atoms with E-state index in [9.17, 15) is 4.79 Å². The van der Waals surface area contributed by atoms with Crippen LogP contribution in [0.1, 0.15) is 13.3 Å². The zero-order valence-corrected chi connectivity index (χ0v) is 7.10. The lowest BCUT2D eigenvalue weighted by molar-refractivity contribution is -0.141. The van der Waals surface area contributed by atoms with E-state index in [2.05, 4.69) is 4.74 Å². The summed E-state index contributed by atoms with van der Waals surface area (Å²) in [6.07, 6.45) is 0.380. The van der Waals surface area contributed by atoms with Crippen molar-refractivity contribution in [1.82, 2.24) is 0 Å². The highest BCUT2D eigenvalue weighted by atomic mass is 35.5. The zero-order valence-electron chi connectivity index (χ0n) is 6.35. The molecule has 0 radical (unpaired) electrons. The molecule has 0 heterocycles. The summed E-state index contributed by atoms with van der Waals surface area (Å²) in [7, 11) is 1.27. The average molecular weight is 174 g/mol. The Bertz CT molecular complexity index is 247. The van der Waals surface area contributed by atoms with Crippen molar-refractivity contribution in [3.05, 3.63) is 0 Å². The van der Waals surface area contributed by atoms with Crippen molar-refractivity contribution >= 4 is 17.6 Å². The van der Waals surface area contributed by atoms with Gasteiger partial charge in [-0.2, -0.15) is 5.26 Å². The molecule has 1 saturated carbocycles. The Labute approximate surface area is 69.9 Å². The molecule has 0 aromatic heterocycles. The average Bonchev–Trinajstić information content (AvgIpc) is 2.56. The third-order valence-corrected chi connectivity index (χ3v) is 2.81. The molecule has 1 aliphatic carbocycles. The number of carbonyl (C=O) groups excluding carboxylic acids is 1. The Morgan fingerprint density at radius 1 is 1.82 bits per heavy atom. The van der Waals surface area contributed by atoms with Gasteiger partial charge in [0, 0.05) is 0 Å². The standard InChI is InChI=1S/C7H8ClNO2/c1-6(4-9)3-7(6,8)5(10)11-2/h3H2,1-2H3/t6-,7+/m1/s1. The molecule has 0 amide bonds. The molecule has 1 rings (SSSR count). The Hall–Kier alpha value is -0.750. The first-order valence-electron chi connectivity index (χ1n) is 3.19. The van der Waals surface area contributed by atoms with Crippen molar-refractivity contribution in [1.29, 1.82) is 5.26 Å². The van der Waals surface area contributed by atoms with Gasteiger partial charge in [0.1, 0.15) is 0 Å². The van der Waals surface area contributed by atoms with E-state index in [1.165, 1.54) is 7.11 Å². The fourth-order valence-corrected chi connectivity index (χ4v) is 1.42. The van der Waals surface area contributed by atoms with Gasteiger partial charge in [0.25, 0.3) is 0 Å². The topological polar surface area (TPSA) is 50.1 Å². The van der Waals surface area contributed by atoms with E-state index in [4.69, 9.17) is 16.9 Å². The van der Waals surface area contributed by atoms with Gasteiger partial charge in [0.05, 0.1) is 18.6 Å². The number of rotatable bonds is 1. The third-order valence-electron chi connectivity index (χ3n) is 2.10. The zero-order chi connectivity index (χ0) is 8.70. The number of carbonyl (C=O) groups is 1. The van der Waals surface area contributed by atoms with Gasteiger partial charge in [-0.15, -0.1) is 11.6 Å². The highest BCUT2D eigenvalue weighted by Crippen LogP contribution is 2.60. The fraction of sp³-hybridized carbons (Fsp3) is 0.714. The van der Waals surface area contributed by atoms with Crippen molar-refractivity contribution in [2.75, 3.05) is 7.11 Å². The highest BCUT2D eigenvalue weighted by molar-refractivity contribution is 6.37. The van der Waals surface area contributed by atoms with Crippen molar-refractivity contribution in [3.8, 4) is 6.07 Å². The molecule has 2 atom stereocenters. The van der Waals surface area contributed by atoms with E-state index >= 15 is 0 Å². The molecular weight excluding hydrogens is 166 g/mol. The van der Waals surface area contributed by atoms with Crippen LogP contribution in [0.4, 0.5) is 0 Å². The van der Waals surface area contributed by atoms with Crippen LogP contribution in [0, 0.1) is 16.7 Å². The number of alkyl halides is 1. The van der Waals surface area contributed by atoms with E-state index in [1.807, 2.05) is 6.07 Å². The number of esters is 1. The molecule has 0 saturated heterocycles. The van der Waals surface area contributed by atoms with Crippen molar-refractivity contribution < 1.29 is 9.53 Å². The largest absolute Gasteiger partial charge is 0.468 e. The minimum Gasteiger partial charge on any atom is -0.468 e. The summed E-state index contributed by atoms with van der Waals surface area (Å²) in [4.78, 5) is 9.88. The van der Waals surface area contributed by atoms with Gasteiger partial charge in [-0.3, -0.25) is 4.79 Å². The van der Waals surface area contributed by atoms with Crippen molar-refractivity contribution in [2.45, 2.75) is 18.2 Å². The smallest absolute Gasteiger partial charge is 0.328 e. The fourth-order valence-electron chi connectivity index (χ4n) is 1.03. The van der Waals surface area contributed by atoms with Crippen LogP contribution in [0.5, 0.6) is 0 Å². The maximum Gasteiger partial charge on any atom is 0.328 e. The van der Waals surface area contributed by atoms with E-state index in [0.717, 1.165) is 0 Å².